The molecule has 0 saturated carbocycles. The van der Waals surface area contributed by atoms with Crippen LogP contribution in [0.5, 0.6) is 0 Å². The molecular formula is C16H25N3O2. The summed E-state index contributed by atoms with van der Waals surface area (Å²) in [5.41, 5.74) is 1.04. The number of carbonyl (C=O) groups excluding carboxylic acids is 2. The Hall–Kier alpha value is -1.88. The highest BCUT2D eigenvalue weighted by atomic mass is 16.2. The molecule has 1 atom stereocenters. The van der Waals surface area contributed by atoms with Crippen molar-refractivity contribution in [1.29, 1.82) is 0 Å². The highest BCUT2D eigenvalue weighted by molar-refractivity contribution is 5.99. The third-order valence-corrected chi connectivity index (χ3v) is 3.31. The van der Waals surface area contributed by atoms with E-state index in [2.05, 4.69) is 10.6 Å². The third kappa shape index (κ3) is 5.19. The predicted octanol–water partition coefficient (Wildman–Crippen LogP) is 1.51. The van der Waals surface area contributed by atoms with E-state index >= 15 is 0 Å². The molecular weight excluding hydrogens is 266 g/mol. The van der Waals surface area contributed by atoms with Gasteiger partial charge in [-0.05, 0) is 38.6 Å². The zero-order valence-electron chi connectivity index (χ0n) is 13.3. The fourth-order valence-corrected chi connectivity index (χ4v) is 1.93. The second-order valence-electron chi connectivity index (χ2n) is 5.07. The fourth-order valence-electron chi connectivity index (χ4n) is 1.93. The number of benzene rings is 1. The van der Waals surface area contributed by atoms with Crippen molar-refractivity contribution in [3.05, 3.63) is 35.4 Å². The van der Waals surface area contributed by atoms with E-state index in [1.807, 2.05) is 20.8 Å². The van der Waals surface area contributed by atoms with Crippen molar-refractivity contribution < 1.29 is 9.59 Å². The molecule has 1 aromatic carbocycles. The van der Waals surface area contributed by atoms with E-state index in [1.54, 1.807) is 36.2 Å². The van der Waals surface area contributed by atoms with Gasteiger partial charge in [0.15, 0.2) is 0 Å². The van der Waals surface area contributed by atoms with Gasteiger partial charge in [-0.15, -0.1) is 0 Å². The fraction of sp³-hybridized carbons (Fsp3) is 0.500. The van der Waals surface area contributed by atoms with Crippen molar-refractivity contribution in [2.45, 2.75) is 26.8 Å². The average molecular weight is 291 g/mol. The van der Waals surface area contributed by atoms with Gasteiger partial charge in [0.25, 0.3) is 11.8 Å². The normalized spacial score (nSPS) is 11.8. The molecule has 5 nitrogen and oxygen atoms in total. The first-order valence-corrected chi connectivity index (χ1v) is 7.36. The van der Waals surface area contributed by atoms with E-state index < -0.39 is 0 Å². The molecule has 1 aromatic rings. The Morgan fingerprint density at radius 2 is 1.90 bits per heavy atom. The van der Waals surface area contributed by atoms with Gasteiger partial charge in [0.1, 0.15) is 0 Å². The largest absolute Gasteiger partial charge is 0.350 e. The first kappa shape index (κ1) is 17.2. The van der Waals surface area contributed by atoms with E-state index in [-0.39, 0.29) is 17.9 Å². The SMILES string of the molecule is CCN[C@H](C)CNC(=O)c1cccc(C(=O)N(C)CC)c1. The minimum Gasteiger partial charge on any atom is -0.350 e. The summed E-state index contributed by atoms with van der Waals surface area (Å²) in [6.07, 6.45) is 0. The van der Waals surface area contributed by atoms with Crippen molar-refractivity contribution >= 4 is 11.8 Å². The van der Waals surface area contributed by atoms with Crippen LogP contribution in [0, 0.1) is 0 Å². The Labute approximate surface area is 126 Å². The van der Waals surface area contributed by atoms with Crippen molar-refractivity contribution in [1.82, 2.24) is 15.5 Å². The van der Waals surface area contributed by atoms with Crippen LogP contribution in [-0.4, -0.2) is 49.4 Å². The van der Waals surface area contributed by atoms with Gasteiger partial charge < -0.3 is 15.5 Å². The minimum atomic E-state index is -0.159. The summed E-state index contributed by atoms with van der Waals surface area (Å²) in [6.45, 7) is 8.01. The molecule has 0 aromatic heterocycles. The molecule has 0 bridgehead atoms. The van der Waals surface area contributed by atoms with Crippen LogP contribution < -0.4 is 10.6 Å². The molecule has 116 valence electrons. The highest BCUT2D eigenvalue weighted by Crippen LogP contribution is 2.08. The molecule has 0 heterocycles. The topological polar surface area (TPSA) is 61.4 Å². The first-order chi connectivity index (χ1) is 9.99. The molecule has 0 aliphatic rings. The van der Waals surface area contributed by atoms with E-state index in [9.17, 15) is 9.59 Å². The van der Waals surface area contributed by atoms with Crippen LogP contribution in [0.4, 0.5) is 0 Å². The van der Waals surface area contributed by atoms with Crippen LogP contribution in [-0.2, 0) is 0 Å². The lowest BCUT2D eigenvalue weighted by molar-refractivity contribution is 0.0802. The van der Waals surface area contributed by atoms with Crippen molar-refractivity contribution in [3.63, 3.8) is 0 Å². The van der Waals surface area contributed by atoms with E-state index in [1.165, 1.54) is 0 Å². The molecule has 0 spiro atoms. The zero-order chi connectivity index (χ0) is 15.8. The Kier molecular flexibility index (Phi) is 6.88. The summed E-state index contributed by atoms with van der Waals surface area (Å²) in [4.78, 5) is 25.8. The van der Waals surface area contributed by atoms with Gasteiger partial charge in [0, 0.05) is 37.3 Å². The summed E-state index contributed by atoms with van der Waals surface area (Å²) in [6, 6.07) is 7.04. The molecule has 0 aliphatic heterocycles. The van der Waals surface area contributed by atoms with Crippen molar-refractivity contribution in [2.24, 2.45) is 0 Å². The van der Waals surface area contributed by atoms with E-state index in [4.69, 9.17) is 0 Å². The predicted molar refractivity (Wildman–Crippen MR) is 84.5 cm³/mol. The summed E-state index contributed by atoms with van der Waals surface area (Å²) in [5.74, 6) is -0.235. The number of rotatable bonds is 7. The number of nitrogens with zero attached hydrogens (tertiary/aromatic N) is 1. The van der Waals surface area contributed by atoms with E-state index in [0.29, 0.717) is 24.2 Å². The molecule has 0 aliphatic carbocycles. The van der Waals surface area contributed by atoms with Crippen molar-refractivity contribution in [3.8, 4) is 0 Å². The van der Waals surface area contributed by atoms with Gasteiger partial charge in [-0.1, -0.05) is 13.0 Å². The van der Waals surface area contributed by atoms with E-state index in [0.717, 1.165) is 6.54 Å². The monoisotopic (exact) mass is 291 g/mol. The molecule has 0 saturated heterocycles. The number of carbonyl (C=O) groups is 2. The lowest BCUT2D eigenvalue weighted by Crippen LogP contribution is -2.38. The number of likely N-dealkylation sites (N-methyl/N-ethyl adjacent to an activating group) is 1. The molecule has 2 amide bonds. The van der Waals surface area contributed by atoms with Crippen LogP contribution in [0.1, 0.15) is 41.5 Å². The maximum absolute atomic E-state index is 12.1. The highest BCUT2D eigenvalue weighted by Gasteiger charge is 2.13. The molecule has 0 fully saturated rings. The average Bonchev–Trinajstić information content (AvgIpc) is 2.51. The summed E-state index contributed by atoms with van der Waals surface area (Å²) in [5, 5.41) is 6.10. The van der Waals surface area contributed by atoms with Gasteiger partial charge in [-0.2, -0.15) is 0 Å². The smallest absolute Gasteiger partial charge is 0.253 e. The Morgan fingerprint density at radius 3 is 2.52 bits per heavy atom. The maximum Gasteiger partial charge on any atom is 0.253 e. The summed E-state index contributed by atoms with van der Waals surface area (Å²) >= 11 is 0. The molecule has 0 unspecified atom stereocenters. The lowest BCUT2D eigenvalue weighted by Gasteiger charge is -2.15. The summed E-state index contributed by atoms with van der Waals surface area (Å²) in [7, 11) is 1.74. The van der Waals surface area contributed by atoms with Crippen LogP contribution in [0.3, 0.4) is 0 Å². The second-order valence-corrected chi connectivity index (χ2v) is 5.07. The van der Waals surface area contributed by atoms with Gasteiger partial charge >= 0.3 is 0 Å². The zero-order valence-corrected chi connectivity index (χ0v) is 13.3. The van der Waals surface area contributed by atoms with Crippen molar-refractivity contribution in [2.75, 3.05) is 26.7 Å². The lowest BCUT2D eigenvalue weighted by atomic mass is 10.1. The van der Waals surface area contributed by atoms with Crippen LogP contribution in [0.2, 0.25) is 0 Å². The van der Waals surface area contributed by atoms with Gasteiger partial charge in [0.05, 0.1) is 0 Å². The molecule has 21 heavy (non-hydrogen) atoms. The number of hydrogen-bond acceptors (Lipinski definition) is 3. The Bertz CT molecular complexity index is 488. The number of amides is 2. The second kappa shape index (κ2) is 8.42. The van der Waals surface area contributed by atoms with Crippen LogP contribution >= 0.6 is 0 Å². The molecule has 1 rings (SSSR count). The third-order valence-electron chi connectivity index (χ3n) is 3.31. The summed E-state index contributed by atoms with van der Waals surface area (Å²) < 4.78 is 0. The Morgan fingerprint density at radius 1 is 1.24 bits per heavy atom. The number of nitrogens with one attached hydrogen (secondary N) is 2. The maximum atomic E-state index is 12.1. The van der Waals surface area contributed by atoms with Crippen LogP contribution in [0.25, 0.3) is 0 Å². The van der Waals surface area contributed by atoms with Gasteiger partial charge in [-0.3, -0.25) is 9.59 Å². The minimum absolute atomic E-state index is 0.0758. The molecule has 5 heteroatoms. The van der Waals surface area contributed by atoms with Crippen LogP contribution in [0.15, 0.2) is 24.3 Å². The standard InChI is InChI=1S/C16H25N3O2/c1-5-17-12(3)11-18-15(20)13-8-7-9-14(10-13)16(21)19(4)6-2/h7-10,12,17H,5-6,11H2,1-4H3,(H,18,20)/t12-/m1/s1. The molecule has 0 radical (unpaired) electrons. The molecule has 2 N–H and O–H groups in total. The first-order valence-electron chi connectivity index (χ1n) is 7.36. The Balaban J connectivity index is 2.71. The van der Waals surface area contributed by atoms with Gasteiger partial charge in [0.2, 0.25) is 0 Å². The van der Waals surface area contributed by atoms with Gasteiger partial charge in [-0.25, -0.2) is 0 Å². The quantitative estimate of drug-likeness (QED) is 0.800. The number of hydrogen-bond donors (Lipinski definition) is 2.